The van der Waals surface area contributed by atoms with Crippen molar-refractivity contribution in [2.24, 2.45) is 0 Å². The number of hydrogen-bond acceptors (Lipinski definition) is 1. The van der Waals surface area contributed by atoms with E-state index in [1.165, 1.54) is 55.8 Å². The molecule has 0 saturated heterocycles. The lowest BCUT2D eigenvalue weighted by Gasteiger charge is -2.31. The van der Waals surface area contributed by atoms with E-state index in [9.17, 15) is 0 Å². The molecule has 1 aromatic carbocycles. The first kappa shape index (κ1) is 12.7. The van der Waals surface area contributed by atoms with E-state index in [1.54, 1.807) is 11.1 Å². The minimum atomic E-state index is 0.710. The minimum absolute atomic E-state index is 0.710. The number of hydrogen-bond donors (Lipinski definition) is 1. The summed E-state index contributed by atoms with van der Waals surface area (Å²) in [7, 11) is 0. The third-order valence-electron chi connectivity index (χ3n) is 4.47. The van der Waals surface area contributed by atoms with Crippen LogP contribution in [-0.2, 0) is 12.8 Å². The molecule has 1 N–H and O–H groups in total. The zero-order chi connectivity index (χ0) is 12.4. The third-order valence-corrected chi connectivity index (χ3v) is 4.97. The van der Waals surface area contributed by atoms with Gasteiger partial charge in [-0.2, -0.15) is 0 Å². The van der Waals surface area contributed by atoms with Gasteiger partial charge < -0.3 is 5.32 Å². The first-order valence-corrected chi connectivity index (χ1v) is 8.14. The monoisotopic (exact) mass is 307 g/mol. The van der Waals surface area contributed by atoms with Gasteiger partial charge in [0.25, 0.3) is 0 Å². The summed E-state index contributed by atoms with van der Waals surface area (Å²) in [6.45, 7) is 0. The van der Waals surface area contributed by atoms with E-state index in [0.717, 1.165) is 6.04 Å². The van der Waals surface area contributed by atoms with Crippen molar-refractivity contribution in [3.05, 3.63) is 33.8 Å². The van der Waals surface area contributed by atoms with Crippen molar-refractivity contribution in [3.8, 4) is 0 Å². The highest BCUT2D eigenvalue weighted by Gasteiger charge is 2.22. The zero-order valence-corrected chi connectivity index (χ0v) is 12.5. The van der Waals surface area contributed by atoms with Crippen molar-refractivity contribution in [1.29, 1.82) is 0 Å². The molecule has 3 rings (SSSR count). The van der Waals surface area contributed by atoms with E-state index in [4.69, 9.17) is 0 Å². The number of fused-ring (bicyclic) bond motifs is 1. The molecular weight excluding hydrogens is 286 g/mol. The summed E-state index contributed by atoms with van der Waals surface area (Å²) in [5.74, 6) is 0. The summed E-state index contributed by atoms with van der Waals surface area (Å²) in [6.07, 6.45) is 10.8. The van der Waals surface area contributed by atoms with Crippen LogP contribution in [0.4, 0.5) is 0 Å². The molecule has 0 radical (unpaired) electrons. The number of benzene rings is 1. The maximum Gasteiger partial charge on any atom is 0.0178 e. The zero-order valence-electron chi connectivity index (χ0n) is 10.9. The molecule has 1 aromatic rings. The first-order chi connectivity index (χ1) is 8.81. The van der Waals surface area contributed by atoms with Crippen molar-refractivity contribution in [2.75, 3.05) is 0 Å². The van der Waals surface area contributed by atoms with Gasteiger partial charge in [0.05, 0.1) is 0 Å². The highest BCUT2D eigenvalue weighted by atomic mass is 79.9. The molecule has 0 aliphatic heterocycles. The van der Waals surface area contributed by atoms with Crippen LogP contribution in [-0.4, -0.2) is 12.1 Å². The van der Waals surface area contributed by atoms with Crippen molar-refractivity contribution < 1.29 is 0 Å². The molecule has 2 aliphatic rings. The van der Waals surface area contributed by atoms with E-state index in [-0.39, 0.29) is 0 Å². The highest BCUT2D eigenvalue weighted by molar-refractivity contribution is 9.10. The smallest absolute Gasteiger partial charge is 0.0178 e. The fourth-order valence-electron chi connectivity index (χ4n) is 3.47. The third kappa shape index (κ3) is 2.97. The summed E-state index contributed by atoms with van der Waals surface area (Å²) in [6, 6.07) is 8.28. The molecule has 1 unspecified atom stereocenters. The van der Waals surface area contributed by atoms with Crippen LogP contribution in [0.5, 0.6) is 0 Å². The number of rotatable bonds is 2. The molecule has 18 heavy (non-hydrogen) atoms. The second kappa shape index (κ2) is 5.75. The van der Waals surface area contributed by atoms with Crippen LogP contribution in [0.25, 0.3) is 0 Å². The van der Waals surface area contributed by atoms with Gasteiger partial charge in [-0.05, 0) is 55.4 Å². The Hall–Kier alpha value is -0.340. The van der Waals surface area contributed by atoms with E-state index >= 15 is 0 Å². The van der Waals surface area contributed by atoms with Crippen LogP contribution < -0.4 is 5.32 Å². The second-order valence-electron chi connectivity index (χ2n) is 5.85. The second-order valence-corrected chi connectivity index (χ2v) is 6.77. The molecule has 0 aromatic heterocycles. The van der Waals surface area contributed by atoms with Crippen LogP contribution in [0.3, 0.4) is 0 Å². The fourth-order valence-corrected chi connectivity index (χ4v) is 3.88. The molecule has 0 spiro atoms. The molecule has 1 saturated carbocycles. The Morgan fingerprint density at radius 3 is 2.61 bits per heavy atom. The fraction of sp³-hybridized carbons (Fsp3) is 0.625. The normalized spacial score (nSPS) is 24.8. The van der Waals surface area contributed by atoms with Gasteiger partial charge in [0.15, 0.2) is 0 Å². The predicted molar refractivity (Wildman–Crippen MR) is 80.0 cm³/mol. The molecular formula is C16H22BrN. The molecule has 0 heterocycles. The Bertz CT molecular complexity index is 410. The van der Waals surface area contributed by atoms with Crippen LogP contribution in [0.1, 0.15) is 49.7 Å². The van der Waals surface area contributed by atoms with Gasteiger partial charge >= 0.3 is 0 Å². The molecule has 0 bridgehead atoms. The van der Waals surface area contributed by atoms with E-state index < -0.39 is 0 Å². The lowest BCUT2D eigenvalue weighted by molar-refractivity contribution is 0.320. The van der Waals surface area contributed by atoms with Crippen molar-refractivity contribution in [1.82, 2.24) is 5.32 Å². The SMILES string of the molecule is Brc1ccc2c(c1)CCC(NC1CCCCC1)C2. The average molecular weight is 308 g/mol. The Kier molecular flexibility index (Phi) is 4.05. The lowest BCUT2D eigenvalue weighted by atomic mass is 9.86. The highest BCUT2D eigenvalue weighted by Crippen LogP contribution is 2.26. The topological polar surface area (TPSA) is 12.0 Å². The van der Waals surface area contributed by atoms with Gasteiger partial charge in [-0.1, -0.05) is 41.3 Å². The largest absolute Gasteiger partial charge is 0.311 e. The molecule has 0 amide bonds. The van der Waals surface area contributed by atoms with Crippen molar-refractivity contribution in [3.63, 3.8) is 0 Å². The Morgan fingerprint density at radius 2 is 1.78 bits per heavy atom. The number of aryl methyl sites for hydroxylation is 1. The quantitative estimate of drug-likeness (QED) is 0.862. The van der Waals surface area contributed by atoms with Crippen molar-refractivity contribution in [2.45, 2.75) is 63.5 Å². The molecule has 2 heteroatoms. The van der Waals surface area contributed by atoms with E-state index in [1.807, 2.05) is 0 Å². The van der Waals surface area contributed by atoms with Gasteiger partial charge in [0, 0.05) is 16.6 Å². The summed E-state index contributed by atoms with van der Waals surface area (Å²) in [4.78, 5) is 0. The molecule has 1 atom stereocenters. The van der Waals surface area contributed by atoms with Crippen LogP contribution in [0.15, 0.2) is 22.7 Å². The van der Waals surface area contributed by atoms with Gasteiger partial charge in [-0.15, -0.1) is 0 Å². The predicted octanol–water partition coefficient (Wildman–Crippen LogP) is 4.23. The summed E-state index contributed by atoms with van der Waals surface area (Å²) in [5, 5.41) is 3.90. The minimum Gasteiger partial charge on any atom is -0.311 e. The van der Waals surface area contributed by atoms with E-state index in [2.05, 4.69) is 39.4 Å². The summed E-state index contributed by atoms with van der Waals surface area (Å²) >= 11 is 3.57. The number of halogens is 1. The Morgan fingerprint density at radius 1 is 0.944 bits per heavy atom. The van der Waals surface area contributed by atoms with Crippen LogP contribution in [0, 0.1) is 0 Å². The van der Waals surface area contributed by atoms with Gasteiger partial charge in [-0.25, -0.2) is 0 Å². The molecule has 98 valence electrons. The Labute approximate surface area is 118 Å². The molecule has 2 aliphatic carbocycles. The molecule has 1 nitrogen and oxygen atoms in total. The maximum absolute atomic E-state index is 3.90. The summed E-state index contributed by atoms with van der Waals surface area (Å²) in [5.41, 5.74) is 3.10. The van der Waals surface area contributed by atoms with E-state index in [0.29, 0.717) is 6.04 Å². The summed E-state index contributed by atoms with van der Waals surface area (Å²) < 4.78 is 1.22. The van der Waals surface area contributed by atoms with Crippen LogP contribution >= 0.6 is 15.9 Å². The van der Waals surface area contributed by atoms with Gasteiger partial charge in [0.2, 0.25) is 0 Å². The van der Waals surface area contributed by atoms with Gasteiger partial charge in [-0.3, -0.25) is 0 Å². The van der Waals surface area contributed by atoms with Gasteiger partial charge in [0.1, 0.15) is 0 Å². The van der Waals surface area contributed by atoms with Crippen molar-refractivity contribution >= 4 is 15.9 Å². The maximum atomic E-state index is 3.90. The first-order valence-electron chi connectivity index (χ1n) is 7.34. The Balaban J connectivity index is 1.62. The molecule has 1 fully saturated rings. The standard InChI is InChI=1S/C16H22BrN/c17-14-8-6-13-11-16(9-7-12(13)10-14)18-15-4-2-1-3-5-15/h6,8,10,15-16,18H,1-5,7,9,11H2. The van der Waals surface area contributed by atoms with Crippen LogP contribution in [0.2, 0.25) is 0 Å². The average Bonchev–Trinajstić information content (AvgIpc) is 2.40. The lowest BCUT2D eigenvalue weighted by Crippen LogP contribution is -2.42. The number of nitrogens with one attached hydrogen (secondary N) is 1.